The van der Waals surface area contributed by atoms with E-state index in [1.165, 1.54) is 12.0 Å². The topological polar surface area (TPSA) is 32.3 Å². The fourth-order valence-electron chi connectivity index (χ4n) is 2.37. The Labute approximate surface area is 91.3 Å². The molecule has 2 rings (SSSR count). The van der Waals surface area contributed by atoms with Crippen molar-refractivity contribution in [3.63, 3.8) is 0 Å². The zero-order valence-electron chi connectivity index (χ0n) is 9.02. The zero-order chi connectivity index (χ0) is 10.5. The van der Waals surface area contributed by atoms with E-state index in [1.807, 2.05) is 0 Å². The van der Waals surface area contributed by atoms with E-state index in [0.717, 1.165) is 25.3 Å². The molecule has 0 aliphatic carbocycles. The molecule has 0 aromatic heterocycles. The summed E-state index contributed by atoms with van der Waals surface area (Å²) >= 11 is 0. The molecule has 1 fully saturated rings. The lowest BCUT2D eigenvalue weighted by Crippen LogP contribution is -2.40. The van der Waals surface area contributed by atoms with Gasteiger partial charge in [0.05, 0.1) is 6.61 Å². The summed E-state index contributed by atoms with van der Waals surface area (Å²) in [5.41, 5.74) is 1.42. The van der Waals surface area contributed by atoms with Gasteiger partial charge in [0.1, 0.15) is 0 Å². The van der Waals surface area contributed by atoms with Crippen LogP contribution in [-0.4, -0.2) is 24.3 Å². The summed E-state index contributed by atoms with van der Waals surface area (Å²) in [5.74, 6) is 0.728. The maximum atomic E-state index is 9.11. The van der Waals surface area contributed by atoms with Crippen LogP contribution < -0.4 is 5.32 Å². The second-order valence-electron chi connectivity index (χ2n) is 4.41. The number of nitrogens with one attached hydrogen (secondary N) is 1. The number of aliphatic hydroxyl groups is 1. The first-order valence-electron chi connectivity index (χ1n) is 5.76. The Morgan fingerprint density at radius 2 is 2.07 bits per heavy atom. The average Bonchev–Trinajstić information content (AvgIpc) is 2.31. The van der Waals surface area contributed by atoms with Crippen molar-refractivity contribution in [3.05, 3.63) is 35.9 Å². The fraction of sp³-hybridized carbons (Fsp3) is 0.538. The highest BCUT2D eigenvalue weighted by Gasteiger charge is 2.20. The van der Waals surface area contributed by atoms with Crippen LogP contribution in [0.25, 0.3) is 0 Å². The highest BCUT2D eigenvalue weighted by molar-refractivity contribution is 5.15. The summed E-state index contributed by atoms with van der Waals surface area (Å²) < 4.78 is 0. The molecular weight excluding hydrogens is 186 g/mol. The third kappa shape index (κ3) is 3.05. The Hall–Kier alpha value is -0.860. The molecule has 0 bridgehead atoms. The molecule has 0 spiro atoms. The van der Waals surface area contributed by atoms with E-state index in [9.17, 15) is 0 Å². The molecule has 1 unspecified atom stereocenters. The van der Waals surface area contributed by atoms with E-state index in [4.69, 9.17) is 5.11 Å². The molecule has 1 aromatic carbocycles. The monoisotopic (exact) mass is 205 g/mol. The number of hydrogen-bond acceptors (Lipinski definition) is 2. The van der Waals surface area contributed by atoms with Gasteiger partial charge >= 0.3 is 0 Å². The third-order valence-electron chi connectivity index (χ3n) is 3.19. The number of hydrogen-bond donors (Lipinski definition) is 2. The number of aliphatic hydroxyl groups excluding tert-OH is 1. The van der Waals surface area contributed by atoms with E-state index in [-0.39, 0.29) is 6.61 Å². The van der Waals surface area contributed by atoms with Gasteiger partial charge in [0.25, 0.3) is 0 Å². The summed E-state index contributed by atoms with van der Waals surface area (Å²) in [7, 11) is 0. The second-order valence-corrected chi connectivity index (χ2v) is 4.41. The lowest BCUT2D eigenvalue weighted by Gasteiger charge is -2.29. The normalized spacial score (nSPS) is 26.5. The first-order valence-corrected chi connectivity index (χ1v) is 5.76. The largest absolute Gasteiger partial charge is 0.395 e. The molecule has 2 heteroatoms. The highest BCUT2D eigenvalue weighted by atomic mass is 16.3. The van der Waals surface area contributed by atoms with Crippen molar-refractivity contribution >= 4 is 0 Å². The first kappa shape index (κ1) is 10.7. The molecule has 1 aromatic rings. The highest BCUT2D eigenvalue weighted by Crippen LogP contribution is 2.20. The Morgan fingerprint density at radius 3 is 2.80 bits per heavy atom. The molecule has 1 heterocycles. The molecule has 1 aliphatic heterocycles. The van der Waals surface area contributed by atoms with Gasteiger partial charge in [-0.3, -0.25) is 0 Å². The fourth-order valence-corrected chi connectivity index (χ4v) is 2.37. The lowest BCUT2D eigenvalue weighted by atomic mass is 9.87. The minimum Gasteiger partial charge on any atom is -0.395 e. The summed E-state index contributed by atoms with van der Waals surface area (Å²) in [6.45, 7) is 1.31. The molecule has 2 atom stereocenters. The van der Waals surface area contributed by atoms with E-state index in [2.05, 4.69) is 35.6 Å². The van der Waals surface area contributed by atoms with E-state index in [1.54, 1.807) is 0 Å². The van der Waals surface area contributed by atoms with Crippen LogP contribution in [0, 0.1) is 5.92 Å². The maximum Gasteiger partial charge on any atom is 0.0584 e. The smallest absolute Gasteiger partial charge is 0.0584 e. The first-order chi connectivity index (χ1) is 7.38. The molecule has 0 saturated carbocycles. The van der Waals surface area contributed by atoms with Gasteiger partial charge in [-0.15, -0.1) is 0 Å². The van der Waals surface area contributed by atoms with Crippen molar-refractivity contribution in [2.75, 3.05) is 13.2 Å². The lowest BCUT2D eigenvalue weighted by molar-refractivity contribution is 0.192. The third-order valence-corrected chi connectivity index (χ3v) is 3.19. The molecule has 82 valence electrons. The molecule has 2 N–H and O–H groups in total. The molecule has 15 heavy (non-hydrogen) atoms. The van der Waals surface area contributed by atoms with Gasteiger partial charge in [-0.25, -0.2) is 0 Å². The van der Waals surface area contributed by atoms with Crippen molar-refractivity contribution in [2.45, 2.75) is 25.3 Å². The van der Waals surface area contributed by atoms with Gasteiger partial charge in [-0.1, -0.05) is 30.3 Å². The minimum absolute atomic E-state index is 0.269. The van der Waals surface area contributed by atoms with E-state index in [0.29, 0.717) is 6.04 Å². The SMILES string of the molecule is OC[C@@H]1CC(Cc2ccccc2)CCN1. The molecule has 1 saturated heterocycles. The van der Waals surface area contributed by atoms with E-state index >= 15 is 0 Å². The van der Waals surface area contributed by atoms with Gasteiger partial charge in [0.15, 0.2) is 0 Å². The standard InChI is InChI=1S/C13H19NO/c15-10-13-9-12(6-7-14-13)8-11-4-2-1-3-5-11/h1-5,12-15H,6-10H2/t12?,13-/m0/s1. The van der Waals surface area contributed by atoms with Crippen molar-refractivity contribution in [3.8, 4) is 0 Å². The number of rotatable bonds is 3. The van der Waals surface area contributed by atoms with Gasteiger partial charge < -0.3 is 10.4 Å². The summed E-state index contributed by atoms with van der Waals surface area (Å²) in [6.07, 6.45) is 3.48. The Kier molecular flexibility index (Phi) is 3.75. The minimum atomic E-state index is 0.269. The van der Waals surface area contributed by atoms with Crippen LogP contribution in [0.4, 0.5) is 0 Å². The summed E-state index contributed by atoms with van der Waals surface area (Å²) in [5, 5.41) is 12.4. The predicted octanol–water partition coefficient (Wildman–Crippen LogP) is 1.59. The van der Waals surface area contributed by atoms with Crippen molar-refractivity contribution in [1.82, 2.24) is 5.32 Å². The van der Waals surface area contributed by atoms with Crippen LogP contribution >= 0.6 is 0 Å². The van der Waals surface area contributed by atoms with Crippen LogP contribution in [0.3, 0.4) is 0 Å². The average molecular weight is 205 g/mol. The predicted molar refractivity (Wildman–Crippen MR) is 61.7 cm³/mol. The van der Waals surface area contributed by atoms with Gasteiger partial charge in [-0.2, -0.15) is 0 Å². The molecular formula is C13H19NO. The second kappa shape index (κ2) is 5.29. The Bertz CT molecular complexity index is 286. The quantitative estimate of drug-likeness (QED) is 0.785. The Balaban J connectivity index is 1.89. The van der Waals surface area contributed by atoms with Crippen molar-refractivity contribution < 1.29 is 5.11 Å². The summed E-state index contributed by atoms with van der Waals surface area (Å²) in [6, 6.07) is 10.9. The van der Waals surface area contributed by atoms with Crippen molar-refractivity contribution in [2.24, 2.45) is 5.92 Å². The van der Waals surface area contributed by atoms with Crippen molar-refractivity contribution in [1.29, 1.82) is 0 Å². The molecule has 1 aliphatic rings. The Morgan fingerprint density at radius 1 is 1.27 bits per heavy atom. The number of piperidine rings is 1. The van der Waals surface area contributed by atoms with Gasteiger partial charge in [0, 0.05) is 6.04 Å². The molecule has 0 radical (unpaired) electrons. The molecule has 0 amide bonds. The van der Waals surface area contributed by atoms with Gasteiger partial charge in [0.2, 0.25) is 0 Å². The van der Waals surface area contributed by atoms with Crippen LogP contribution in [0.1, 0.15) is 18.4 Å². The summed E-state index contributed by atoms with van der Waals surface area (Å²) in [4.78, 5) is 0. The van der Waals surface area contributed by atoms with Crippen LogP contribution in [0.15, 0.2) is 30.3 Å². The number of benzene rings is 1. The van der Waals surface area contributed by atoms with Crippen LogP contribution in [0.2, 0.25) is 0 Å². The maximum absolute atomic E-state index is 9.11. The van der Waals surface area contributed by atoms with Crippen LogP contribution in [-0.2, 0) is 6.42 Å². The van der Waals surface area contributed by atoms with Gasteiger partial charge in [-0.05, 0) is 37.3 Å². The van der Waals surface area contributed by atoms with Crippen LogP contribution in [0.5, 0.6) is 0 Å². The van der Waals surface area contributed by atoms with E-state index < -0.39 is 0 Å². The molecule has 2 nitrogen and oxygen atoms in total. The zero-order valence-corrected chi connectivity index (χ0v) is 9.02.